The summed E-state index contributed by atoms with van der Waals surface area (Å²) in [6, 6.07) is 19.7. The van der Waals surface area contributed by atoms with Crippen LogP contribution < -0.4 is 9.46 Å². The molecule has 0 aromatic heterocycles. The van der Waals surface area contributed by atoms with Crippen LogP contribution in [0.1, 0.15) is 21.5 Å². The number of hydrogen-bond donors (Lipinski definition) is 1. The van der Waals surface area contributed by atoms with Crippen LogP contribution in [0.3, 0.4) is 0 Å². The summed E-state index contributed by atoms with van der Waals surface area (Å²) in [4.78, 5) is 13.0. The van der Waals surface area contributed by atoms with Crippen molar-refractivity contribution in [3.8, 4) is 5.75 Å². The molecule has 0 saturated carbocycles. The van der Waals surface area contributed by atoms with Crippen molar-refractivity contribution < 1.29 is 17.9 Å². The molecule has 0 radical (unpaired) electrons. The minimum Gasteiger partial charge on any atom is -0.497 e. The first-order valence-corrected chi connectivity index (χ1v) is 9.76. The van der Waals surface area contributed by atoms with Gasteiger partial charge in [0.05, 0.1) is 17.7 Å². The first kappa shape index (κ1) is 18.7. The van der Waals surface area contributed by atoms with Gasteiger partial charge in [-0.1, -0.05) is 29.8 Å². The number of carbonyl (C=O) groups is 1. The molecule has 0 saturated heterocycles. The molecule has 0 aliphatic carbocycles. The van der Waals surface area contributed by atoms with Gasteiger partial charge in [-0.3, -0.25) is 9.52 Å². The summed E-state index contributed by atoms with van der Waals surface area (Å²) in [5.74, 6) is 0.361. The highest BCUT2D eigenvalue weighted by atomic mass is 32.2. The molecule has 3 rings (SSSR count). The Morgan fingerprint density at radius 3 is 2.15 bits per heavy atom. The van der Waals surface area contributed by atoms with E-state index in [1.807, 2.05) is 6.92 Å². The predicted octanol–water partition coefficient (Wildman–Crippen LogP) is 4.04. The molecular weight excluding hydrogens is 362 g/mol. The first-order valence-electron chi connectivity index (χ1n) is 8.28. The van der Waals surface area contributed by atoms with Gasteiger partial charge in [0, 0.05) is 11.1 Å². The van der Waals surface area contributed by atoms with Crippen LogP contribution >= 0.6 is 0 Å². The lowest BCUT2D eigenvalue weighted by Gasteiger charge is -2.12. The third-order valence-corrected chi connectivity index (χ3v) is 5.48. The van der Waals surface area contributed by atoms with E-state index in [2.05, 4.69) is 4.72 Å². The van der Waals surface area contributed by atoms with E-state index in [1.165, 1.54) is 12.1 Å². The average molecular weight is 381 g/mol. The summed E-state index contributed by atoms with van der Waals surface area (Å²) in [5.41, 5.74) is 1.92. The largest absolute Gasteiger partial charge is 0.497 e. The molecule has 0 heterocycles. The second kappa shape index (κ2) is 7.63. The van der Waals surface area contributed by atoms with Crippen LogP contribution in [-0.2, 0) is 10.0 Å². The molecule has 0 amide bonds. The molecule has 27 heavy (non-hydrogen) atoms. The van der Waals surface area contributed by atoms with Gasteiger partial charge < -0.3 is 4.74 Å². The molecule has 0 fully saturated rings. The number of benzene rings is 3. The Labute approximate surface area is 158 Å². The van der Waals surface area contributed by atoms with Gasteiger partial charge in [0.2, 0.25) is 0 Å². The number of nitrogens with one attached hydrogen (secondary N) is 1. The highest BCUT2D eigenvalue weighted by molar-refractivity contribution is 7.92. The molecule has 0 aliphatic rings. The highest BCUT2D eigenvalue weighted by Gasteiger charge is 2.19. The van der Waals surface area contributed by atoms with Gasteiger partial charge in [-0.15, -0.1) is 0 Å². The Hall–Kier alpha value is -3.12. The normalized spacial score (nSPS) is 11.0. The van der Waals surface area contributed by atoms with Gasteiger partial charge in [-0.2, -0.15) is 0 Å². The number of sulfonamides is 1. The molecule has 5 nitrogen and oxygen atoms in total. The SMILES string of the molecule is COc1ccc(C(=O)c2ccccc2NS(=O)(=O)c2ccc(C)cc2)cc1. The van der Waals surface area contributed by atoms with E-state index in [4.69, 9.17) is 4.74 Å². The Balaban J connectivity index is 1.93. The first-order chi connectivity index (χ1) is 12.9. The molecule has 0 unspecified atom stereocenters. The molecule has 3 aromatic carbocycles. The van der Waals surface area contributed by atoms with E-state index in [-0.39, 0.29) is 21.9 Å². The van der Waals surface area contributed by atoms with E-state index in [9.17, 15) is 13.2 Å². The molecule has 0 bridgehead atoms. The van der Waals surface area contributed by atoms with E-state index in [0.29, 0.717) is 11.3 Å². The van der Waals surface area contributed by atoms with Crippen molar-refractivity contribution in [2.24, 2.45) is 0 Å². The molecule has 3 aromatic rings. The maximum Gasteiger partial charge on any atom is 0.261 e. The predicted molar refractivity (Wildman–Crippen MR) is 105 cm³/mol. The van der Waals surface area contributed by atoms with Gasteiger partial charge in [-0.05, 0) is 55.5 Å². The van der Waals surface area contributed by atoms with E-state index in [0.717, 1.165) is 5.56 Å². The van der Waals surface area contributed by atoms with Crippen molar-refractivity contribution in [2.45, 2.75) is 11.8 Å². The third-order valence-electron chi connectivity index (χ3n) is 4.10. The second-order valence-electron chi connectivity index (χ2n) is 6.02. The Kier molecular flexibility index (Phi) is 5.28. The fourth-order valence-corrected chi connectivity index (χ4v) is 3.67. The van der Waals surface area contributed by atoms with Gasteiger partial charge in [0.1, 0.15) is 5.75 Å². The number of para-hydroxylation sites is 1. The maximum atomic E-state index is 12.9. The van der Waals surface area contributed by atoms with Crippen LogP contribution in [0.15, 0.2) is 77.7 Å². The van der Waals surface area contributed by atoms with Crippen LogP contribution in [0.25, 0.3) is 0 Å². The number of methoxy groups -OCH3 is 1. The summed E-state index contributed by atoms with van der Waals surface area (Å²) < 4.78 is 33.0. The fraction of sp³-hybridized carbons (Fsp3) is 0.0952. The molecule has 0 aliphatic heterocycles. The lowest BCUT2D eigenvalue weighted by molar-refractivity contribution is 0.103. The number of anilines is 1. The average Bonchev–Trinajstić information content (AvgIpc) is 2.68. The summed E-state index contributed by atoms with van der Waals surface area (Å²) in [6.07, 6.45) is 0. The Morgan fingerprint density at radius 2 is 1.52 bits per heavy atom. The zero-order valence-corrected chi connectivity index (χ0v) is 15.8. The summed E-state index contributed by atoms with van der Waals surface area (Å²) in [6.45, 7) is 1.88. The summed E-state index contributed by atoms with van der Waals surface area (Å²) in [7, 11) is -2.25. The number of hydrogen-bond acceptors (Lipinski definition) is 4. The molecule has 138 valence electrons. The number of ether oxygens (including phenoxy) is 1. The van der Waals surface area contributed by atoms with E-state index >= 15 is 0 Å². The number of aryl methyl sites for hydroxylation is 1. The Morgan fingerprint density at radius 1 is 0.889 bits per heavy atom. The molecule has 0 atom stereocenters. The van der Waals surface area contributed by atoms with Crippen molar-refractivity contribution in [1.82, 2.24) is 0 Å². The van der Waals surface area contributed by atoms with Gasteiger partial charge in [-0.25, -0.2) is 8.42 Å². The summed E-state index contributed by atoms with van der Waals surface area (Å²) in [5, 5.41) is 0. The zero-order chi connectivity index (χ0) is 19.4. The van der Waals surface area contributed by atoms with Gasteiger partial charge in [0.15, 0.2) is 5.78 Å². The number of rotatable bonds is 6. The fourth-order valence-electron chi connectivity index (χ4n) is 2.59. The van der Waals surface area contributed by atoms with E-state index in [1.54, 1.807) is 67.8 Å². The topological polar surface area (TPSA) is 72.5 Å². The lowest BCUT2D eigenvalue weighted by Crippen LogP contribution is -2.16. The van der Waals surface area contributed by atoms with Crippen LogP contribution in [0, 0.1) is 6.92 Å². The minimum atomic E-state index is -3.80. The second-order valence-corrected chi connectivity index (χ2v) is 7.70. The lowest BCUT2D eigenvalue weighted by atomic mass is 10.0. The maximum absolute atomic E-state index is 12.9. The van der Waals surface area contributed by atoms with Crippen molar-refractivity contribution in [3.05, 3.63) is 89.5 Å². The third kappa shape index (κ3) is 4.17. The summed E-state index contributed by atoms with van der Waals surface area (Å²) >= 11 is 0. The van der Waals surface area contributed by atoms with Crippen LogP contribution in [0.5, 0.6) is 5.75 Å². The molecule has 1 N–H and O–H groups in total. The molecule has 0 spiro atoms. The van der Waals surface area contributed by atoms with Crippen molar-refractivity contribution >= 4 is 21.5 Å². The van der Waals surface area contributed by atoms with Gasteiger partial charge in [0.25, 0.3) is 10.0 Å². The monoisotopic (exact) mass is 381 g/mol. The van der Waals surface area contributed by atoms with Crippen LogP contribution in [0.4, 0.5) is 5.69 Å². The van der Waals surface area contributed by atoms with Crippen LogP contribution in [0.2, 0.25) is 0 Å². The standard InChI is InChI=1S/C21H19NO4S/c1-15-7-13-18(14-8-15)27(24,25)22-20-6-4-3-5-19(20)21(23)16-9-11-17(26-2)12-10-16/h3-14,22H,1-2H3. The number of carbonyl (C=O) groups excluding carboxylic acids is 1. The van der Waals surface area contributed by atoms with Crippen molar-refractivity contribution in [2.75, 3.05) is 11.8 Å². The minimum absolute atomic E-state index is 0.139. The highest BCUT2D eigenvalue weighted by Crippen LogP contribution is 2.24. The number of ketones is 1. The Bertz CT molecular complexity index is 1060. The smallest absolute Gasteiger partial charge is 0.261 e. The van der Waals surface area contributed by atoms with Crippen molar-refractivity contribution in [1.29, 1.82) is 0 Å². The zero-order valence-electron chi connectivity index (χ0n) is 15.0. The van der Waals surface area contributed by atoms with E-state index < -0.39 is 10.0 Å². The van der Waals surface area contributed by atoms with Crippen molar-refractivity contribution in [3.63, 3.8) is 0 Å². The van der Waals surface area contributed by atoms with Gasteiger partial charge >= 0.3 is 0 Å². The quantitative estimate of drug-likeness (QED) is 0.654. The molecular formula is C21H19NO4S. The van der Waals surface area contributed by atoms with Crippen LogP contribution in [-0.4, -0.2) is 21.3 Å². The molecule has 6 heteroatoms.